The van der Waals surface area contributed by atoms with Gasteiger partial charge in [-0.15, -0.1) is 0 Å². The summed E-state index contributed by atoms with van der Waals surface area (Å²) in [4.78, 5) is 2.81. The van der Waals surface area contributed by atoms with Crippen LogP contribution in [0.25, 0.3) is 72.7 Å². The average molecular weight is 976 g/mol. The summed E-state index contributed by atoms with van der Waals surface area (Å²) in [5.41, 5.74) is 18.8. The van der Waals surface area contributed by atoms with Crippen LogP contribution >= 0.6 is 46.1 Å². The van der Waals surface area contributed by atoms with Crippen LogP contribution in [0.5, 0.6) is 0 Å². The van der Waals surface area contributed by atoms with Gasteiger partial charge in [0.2, 0.25) is 0 Å². The van der Waals surface area contributed by atoms with Gasteiger partial charge in [-0.2, -0.15) is 8.75 Å². The van der Waals surface area contributed by atoms with Crippen LogP contribution in [-0.4, -0.2) is 32.0 Å². The summed E-state index contributed by atoms with van der Waals surface area (Å²) < 4.78 is 26.8. The van der Waals surface area contributed by atoms with Gasteiger partial charge in [0.05, 0.1) is 11.7 Å². The van der Waals surface area contributed by atoms with E-state index in [4.69, 9.17) is 17.5 Å². The maximum absolute atomic E-state index is 5.34. The Morgan fingerprint density at radius 3 is 1.43 bits per heavy atom. The second-order valence-electron chi connectivity index (χ2n) is 19.2. The van der Waals surface area contributed by atoms with Crippen molar-refractivity contribution in [1.82, 2.24) is 17.5 Å². The molecule has 0 amide bonds. The number of aromatic nitrogens is 4. The van der Waals surface area contributed by atoms with Crippen LogP contribution in [0.2, 0.25) is 0 Å². The number of fused-ring (bicyclic) bond motifs is 13. The van der Waals surface area contributed by atoms with Crippen LogP contribution in [0.1, 0.15) is 189 Å². The van der Waals surface area contributed by atoms with E-state index in [1.54, 1.807) is 19.6 Å². The molecule has 9 heteroatoms. The number of unbranched alkanes of at least 4 members (excludes halogenated alkanes) is 12. The summed E-state index contributed by atoms with van der Waals surface area (Å²) in [6.45, 7) is 14.0. The van der Waals surface area contributed by atoms with Gasteiger partial charge < -0.3 is 0 Å². The van der Waals surface area contributed by atoms with Crippen molar-refractivity contribution in [3.63, 3.8) is 0 Å². The Morgan fingerprint density at radius 2 is 0.889 bits per heavy atom. The molecule has 5 heterocycles. The SMILES string of the molecule is CCCCCCC1(CCCCCC)c2cc3c(cc2-c2c1cc(C)c1nsnc21)C(CCCCCC)(CCCCCC)c1cc(-c2cc4[se]c5cc(C)sc5c4s2)c2nsnc2c1-3. The van der Waals surface area contributed by atoms with E-state index in [2.05, 4.69) is 77.9 Å². The average Bonchev–Trinajstić information content (AvgIpc) is 4.16. The molecule has 2 aliphatic carbocycles. The van der Waals surface area contributed by atoms with Crippen molar-refractivity contribution in [3.8, 4) is 32.7 Å². The normalized spacial score (nSPS) is 14.8. The van der Waals surface area contributed by atoms with Gasteiger partial charge in [-0.1, -0.05) is 85.1 Å². The molecule has 0 saturated heterocycles. The fourth-order valence-corrected chi connectivity index (χ4v) is 19.0. The molecule has 0 N–H and O–H groups in total. The molecule has 4 nitrogen and oxygen atoms in total. The summed E-state index contributed by atoms with van der Waals surface area (Å²) in [6, 6.07) is 15.7. The molecule has 63 heavy (non-hydrogen) atoms. The summed E-state index contributed by atoms with van der Waals surface area (Å²) in [5.74, 6) is 0. The van der Waals surface area contributed by atoms with Crippen LogP contribution < -0.4 is 0 Å². The molecule has 330 valence electrons. The van der Waals surface area contributed by atoms with Crippen LogP contribution in [0.3, 0.4) is 0 Å². The number of hydrogen-bond acceptors (Lipinski definition) is 8. The molecule has 10 rings (SSSR count). The van der Waals surface area contributed by atoms with Crippen LogP contribution in [0.15, 0.2) is 36.4 Å². The third kappa shape index (κ3) is 7.46. The Morgan fingerprint density at radius 1 is 0.444 bits per heavy atom. The first kappa shape index (κ1) is 44.1. The zero-order chi connectivity index (χ0) is 43.3. The number of hydrogen-bond donors (Lipinski definition) is 0. The van der Waals surface area contributed by atoms with E-state index in [0.29, 0.717) is 14.5 Å². The Hall–Kier alpha value is -2.78. The van der Waals surface area contributed by atoms with E-state index >= 15 is 0 Å². The monoisotopic (exact) mass is 976 g/mol. The molecule has 0 radical (unpaired) electrons. The number of aryl methyl sites for hydroxylation is 2. The van der Waals surface area contributed by atoms with Crippen molar-refractivity contribution in [2.45, 2.75) is 181 Å². The van der Waals surface area contributed by atoms with Gasteiger partial charge >= 0.3 is 277 Å². The molecule has 0 spiro atoms. The Bertz CT molecular complexity index is 2900. The van der Waals surface area contributed by atoms with Crippen molar-refractivity contribution in [2.24, 2.45) is 0 Å². The molecule has 8 aromatic rings. The predicted molar refractivity (Wildman–Crippen MR) is 278 cm³/mol. The van der Waals surface area contributed by atoms with Gasteiger partial charge in [-0.25, -0.2) is 0 Å². The van der Waals surface area contributed by atoms with E-state index in [-0.39, 0.29) is 10.8 Å². The van der Waals surface area contributed by atoms with Gasteiger partial charge in [-0.05, 0) is 12.5 Å². The van der Waals surface area contributed by atoms with Crippen LogP contribution in [0, 0.1) is 13.8 Å². The summed E-state index contributed by atoms with van der Waals surface area (Å²) in [7, 11) is 0. The first-order valence-electron chi connectivity index (χ1n) is 24.6. The van der Waals surface area contributed by atoms with E-state index in [1.165, 1.54) is 216 Å². The molecule has 0 aliphatic heterocycles. The third-order valence-corrected chi connectivity index (χ3v) is 21.4. The number of benzene rings is 3. The molecule has 2 aliphatic rings. The zero-order valence-electron chi connectivity index (χ0n) is 38.4. The van der Waals surface area contributed by atoms with Gasteiger partial charge in [0, 0.05) is 0 Å². The fraction of sp³-hybridized carbons (Fsp3) is 0.519. The molecule has 5 aromatic heterocycles. The number of rotatable bonds is 21. The van der Waals surface area contributed by atoms with Crippen LogP contribution in [0.4, 0.5) is 0 Å². The van der Waals surface area contributed by atoms with Crippen molar-refractivity contribution >= 4 is 101 Å². The van der Waals surface area contributed by atoms with E-state index in [0.717, 1.165) is 22.1 Å². The quantitative estimate of drug-likeness (QED) is 0.0532. The van der Waals surface area contributed by atoms with Gasteiger partial charge in [0.25, 0.3) is 0 Å². The van der Waals surface area contributed by atoms with Gasteiger partial charge in [-0.3, -0.25) is 0 Å². The number of nitrogens with zero attached hydrogens (tertiary/aromatic N) is 4. The Labute approximate surface area is 397 Å². The molecule has 0 fully saturated rings. The van der Waals surface area contributed by atoms with Crippen molar-refractivity contribution in [2.75, 3.05) is 0 Å². The second-order valence-corrected chi connectivity index (χ2v) is 24.8. The molecular formula is C54H64N4S4Se. The fourth-order valence-electron chi connectivity index (χ4n) is 11.9. The van der Waals surface area contributed by atoms with Crippen molar-refractivity contribution in [1.29, 1.82) is 0 Å². The third-order valence-electron chi connectivity index (χ3n) is 15.1. The minimum absolute atomic E-state index is 0.0466. The zero-order valence-corrected chi connectivity index (χ0v) is 43.4. The number of thiophene rings is 2. The molecule has 0 atom stereocenters. The second kappa shape index (κ2) is 18.5. The van der Waals surface area contributed by atoms with Crippen molar-refractivity contribution < 1.29 is 0 Å². The van der Waals surface area contributed by atoms with E-state index < -0.39 is 0 Å². The molecule has 0 unspecified atom stereocenters. The topological polar surface area (TPSA) is 51.6 Å². The summed E-state index contributed by atoms with van der Waals surface area (Å²) >= 11 is 7.19. The minimum atomic E-state index is -0.0898. The predicted octanol–water partition coefficient (Wildman–Crippen LogP) is 17.9. The summed E-state index contributed by atoms with van der Waals surface area (Å²) in [6.07, 6.45) is 25.1. The van der Waals surface area contributed by atoms with Gasteiger partial charge in [0.1, 0.15) is 5.52 Å². The maximum atomic E-state index is 5.34. The first-order chi connectivity index (χ1) is 30.9. The molecule has 0 saturated carbocycles. The Balaban J connectivity index is 1.24. The Kier molecular flexibility index (Phi) is 12.9. The summed E-state index contributed by atoms with van der Waals surface area (Å²) in [5, 5.41) is 0. The molecule has 0 bridgehead atoms. The molecular weight excluding hydrogens is 912 g/mol. The first-order valence-corrected chi connectivity index (χ1v) is 29.4. The standard InChI is InChI=1S/C54H64N4S4Se/c1-7-11-15-19-23-53(24-20-16-12-8-2)38-30-36-39(29-35(38)45-40(53)27-33(5)47-49(45)57-61-55-47)54(25-21-17-13-9-3,26-22-18-14-10-4)41-31-37(48-50(46(36)41)58-62-56-48)42-32-44-52(60-42)51-43(63-44)28-34(6)59-51/h27-32H,7-26H2,1-6H3. The van der Waals surface area contributed by atoms with Crippen molar-refractivity contribution in [3.05, 3.63) is 69.1 Å². The van der Waals surface area contributed by atoms with E-state index in [9.17, 15) is 0 Å². The van der Waals surface area contributed by atoms with Crippen LogP contribution in [-0.2, 0) is 10.8 Å². The van der Waals surface area contributed by atoms with E-state index in [1.807, 2.05) is 22.7 Å². The molecule has 3 aromatic carbocycles. The van der Waals surface area contributed by atoms with Gasteiger partial charge in [0.15, 0.2) is 0 Å².